The Morgan fingerprint density at radius 2 is 2.04 bits per heavy atom. The van der Waals surface area contributed by atoms with Gasteiger partial charge in [-0.15, -0.1) is 0 Å². The van der Waals surface area contributed by atoms with Crippen LogP contribution >= 0.6 is 11.6 Å². The molecule has 1 aliphatic heterocycles. The summed E-state index contributed by atoms with van der Waals surface area (Å²) in [4.78, 5) is 18.8. The van der Waals surface area contributed by atoms with E-state index >= 15 is 0 Å². The topological polar surface area (TPSA) is 59.2 Å². The van der Waals surface area contributed by atoms with E-state index in [9.17, 15) is 9.18 Å². The molecule has 3 aromatic rings. The summed E-state index contributed by atoms with van der Waals surface area (Å²) in [5.41, 5.74) is 0.825. The van der Waals surface area contributed by atoms with Crippen molar-refractivity contribution in [2.45, 2.75) is 18.9 Å². The molecule has 26 heavy (non-hydrogen) atoms. The predicted molar refractivity (Wildman–Crippen MR) is 94.2 cm³/mol. The first-order valence-corrected chi connectivity index (χ1v) is 8.66. The summed E-state index contributed by atoms with van der Waals surface area (Å²) in [6.07, 6.45) is 1.48. The first-order valence-electron chi connectivity index (χ1n) is 8.28. The van der Waals surface area contributed by atoms with Gasteiger partial charge in [-0.05, 0) is 31.0 Å². The average Bonchev–Trinajstić information content (AvgIpc) is 3.31. The minimum atomic E-state index is -0.636. The van der Waals surface area contributed by atoms with Crippen molar-refractivity contribution in [2.24, 2.45) is 0 Å². The van der Waals surface area contributed by atoms with Gasteiger partial charge < -0.3 is 9.42 Å². The normalized spacial score (nSPS) is 16.8. The SMILES string of the molecule is O=C(c1ccc(Cl)cc1F)N1CCC[C@@H]1c1nc(-c2ccccc2)no1. The molecule has 132 valence electrons. The molecule has 1 saturated heterocycles. The monoisotopic (exact) mass is 371 g/mol. The molecule has 1 fully saturated rings. The summed E-state index contributed by atoms with van der Waals surface area (Å²) < 4.78 is 19.5. The lowest BCUT2D eigenvalue weighted by Gasteiger charge is -2.22. The van der Waals surface area contributed by atoms with Gasteiger partial charge in [-0.1, -0.05) is 47.1 Å². The van der Waals surface area contributed by atoms with Gasteiger partial charge in [0.15, 0.2) is 0 Å². The second kappa shape index (κ2) is 6.88. The molecule has 0 N–H and O–H groups in total. The maximum absolute atomic E-state index is 14.1. The highest BCUT2D eigenvalue weighted by atomic mass is 35.5. The smallest absolute Gasteiger partial charge is 0.257 e. The number of hydrogen-bond donors (Lipinski definition) is 0. The minimum absolute atomic E-state index is 0.0101. The molecule has 1 amide bonds. The molecule has 7 heteroatoms. The van der Waals surface area contributed by atoms with Crippen LogP contribution in [0.5, 0.6) is 0 Å². The molecule has 0 radical (unpaired) electrons. The van der Waals surface area contributed by atoms with Crippen LogP contribution in [-0.2, 0) is 0 Å². The third kappa shape index (κ3) is 3.08. The molecule has 2 heterocycles. The highest BCUT2D eigenvalue weighted by molar-refractivity contribution is 6.30. The van der Waals surface area contributed by atoms with Crippen molar-refractivity contribution in [1.29, 1.82) is 0 Å². The number of carbonyl (C=O) groups excluding carboxylic acids is 1. The zero-order valence-corrected chi connectivity index (χ0v) is 14.5. The van der Waals surface area contributed by atoms with E-state index in [1.807, 2.05) is 30.3 Å². The van der Waals surface area contributed by atoms with E-state index < -0.39 is 11.7 Å². The van der Waals surface area contributed by atoms with Crippen LogP contribution in [0.3, 0.4) is 0 Å². The second-order valence-corrected chi connectivity index (χ2v) is 6.54. The van der Waals surface area contributed by atoms with E-state index in [1.165, 1.54) is 12.1 Å². The van der Waals surface area contributed by atoms with Crippen LogP contribution in [0.1, 0.15) is 35.1 Å². The molecule has 0 saturated carbocycles. The maximum atomic E-state index is 14.1. The van der Waals surface area contributed by atoms with Gasteiger partial charge in [-0.2, -0.15) is 4.98 Å². The fourth-order valence-corrected chi connectivity index (χ4v) is 3.32. The average molecular weight is 372 g/mol. The number of benzene rings is 2. The lowest BCUT2D eigenvalue weighted by molar-refractivity contribution is 0.0705. The van der Waals surface area contributed by atoms with Crippen molar-refractivity contribution in [2.75, 3.05) is 6.54 Å². The largest absolute Gasteiger partial charge is 0.337 e. The van der Waals surface area contributed by atoms with Crippen LogP contribution in [-0.4, -0.2) is 27.5 Å². The highest BCUT2D eigenvalue weighted by Gasteiger charge is 2.35. The van der Waals surface area contributed by atoms with E-state index in [0.717, 1.165) is 18.1 Å². The Morgan fingerprint density at radius 1 is 1.23 bits per heavy atom. The molecule has 5 nitrogen and oxygen atoms in total. The zero-order valence-electron chi connectivity index (χ0n) is 13.7. The number of carbonyl (C=O) groups is 1. The molecule has 2 aromatic carbocycles. The Labute approximate surface area is 154 Å². The summed E-state index contributed by atoms with van der Waals surface area (Å²) in [7, 11) is 0. The molecular weight excluding hydrogens is 357 g/mol. The van der Waals surface area contributed by atoms with Gasteiger partial charge in [-0.25, -0.2) is 4.39 Å². The third-order valence-corrected chi connectivity index (χ3v) is 4.67. The summed E-state index contributed by atoms with van der Waals surface area (Å²) in [6.45, 7) is 0.509. The molecule has 0 aliphatic carbocycles. The van der Waals surface area contributed by atoms with Gasteiger partial charge in [0.1, 0.15) is 11.9 Å². The van der Waals surface area contributed by atoms with E-state index in [0.29, 0.717) is 24.7 Å². The number of hydrogen-bond acceptors (Lipinski definition) is 4. The van der Waals surface area contributed by atoms with Gasteiger partial charge in [-0.3, -0.25) is 4.79 Å². The lowest BCUT2D eigenvalue weighted by atomic mass is 10.1. The van der Waals surface area contributed by atoms with Gasteiger partial charge in [0.25, 0.3) is 5.91 Å². The van der Waals surface area contributed by atoms with E-state index in [-0.39, 0.29) is 16.6 Å². The van der Waals surface area contributed by atoms with Crippen LogP contribution in [0.15, 0.2) is 53.1 Å². The summed E-state index contributed by atoms with van der Waals surface area (Å²) in [6, 6.07) is 13.1. The standard InChI is InChI=1S/C19H15ClFN3O2/c20-13-8-9-14(15(21)11-13)19(25)24-10-4-7-16(24)18-22-17(23-26-18)12-5-2-1-3-6-12/h1-3,5-6,8-9,11,16H,4,7,10H2/t16-/m1/s1. The fourth-order valence-electron chi connectivity index (χ4n) is 3.16. The third-order valence-electron chi connectivity index (χ3n) is 4.43. The molecule has 0 unspecified atom stereocenters. The van der Waals surface area contributed by atoms with Crippen LogP contribution in [0.4, 0.5) is 4.39 Å². The van der Waals surface area contributed by atoms with Gasteiger partial charge in [0.2, 0.25) is 11.7 Å². The molecule has 4 rings (SSSR count). The Kier molecular flexibility index (Phi) is 4.42. The number of nitrogens with zero attached hydrogens (tertiary/aromatic N) is 3. The number of amides is 1. The molecular formula is C19H15ClFN3O2. The van der Waals surface area contributed by atoms with Crippen LogP contribution < -0.4 is 0 Å². The number of likely N-dealkylation sites (tertiary alicyclic amines) is 1. The van der Waals surface area contributed by atoms with Gasteiger partial charge in [0, 0.05) is 17.1 Å². The quantitative estimate of drug-likeness (QED) is 0.679. The van der Waals surface area contributed by atoms with Crippen molar-refractivity contribution >= 4 is 17.5 Å². The summed E-state index contributed by atoms with van der Waals surface area (Å²) in [5.74, 6) is -0.202. The van der Waals surface area contributed by atoms with Gasteiger partial charge in [0.05, 0.1) is 5.56 Å². The van der Waals surface area contributed by atoms with Crippen molar-refractivity contribution in [3.63, 3.8) is 0 Å². The van der Waals surface area contributed by atoms with Crippen molar-refractivity contribution in [3.05, 3.63) is 70.8 Å². The highest BCUT2D eigenvalue weighted by Crippen LogP contribution is 2.33. The summed E-state index contributed by atoms with van der Waals surface area (Å²) in [5, 5.41) is 4.26. The first kappa shape index (κ1) is 16.7. The second-order valence-electron chi connectivity index (χ2n) is 6.10. The predicted octanol–water partition coefficient (Wildman–Crippen LogP) is 4.51. The maximum Gasteiger partial charge on any atom is 0.257 e. The molecule has 0 spiro atoms. The van der Waals surface area contributed by atoms with E-state index in [1.54, 1.807) is 4.90 Å². The Balaban J connectivity index is 1.61. The van der Waals surface area contributed by atoms with Gasteiger partial charge >= 0.3 is 0 Å². The van der Waals surface area contributed by atoms with Crippen LogP contribution in [0.2, 0.25) is 5.02 Å². The Hall–Kier alpha value is -2.73. The Morgan fingerprint density at radius 3 is 2.81 bits per heavy atom. The summed E-state index contributed by atoms with van der Waals surface area (Å²) >= 11 is 5.77. The molecule has 0 bridgehead atoms. The zero-order chi connectivity index (χ0) is 18.1. The molecule has 1 aromatic heterocycles. The number of rotatable bonds is 3. The molecule has 1 aliphatic rings. The van der Waals surface area contributed by atoms with Crippen molar-refractivity contribution < 1.29 is 13.7 Å². The first-order chi connectivity index (χ1) is 12.6. The number of aromatic nitrogens is 2. The van der Waals surface area contributed by atoms with Crippen molar-refractivity contribution in [1.82, 2.24) is 15.0 Å². The minimum Gasteiger partial charge on any atom is -0.337 e. The van der Waals surface area contributed by atoms with Crippen LogP contribution in [0, 0.1) is 5.82 Å². The van der Waals surface area contributed by atoms with E-state index in [4.69, 9.17) is 16.1 Å². The van der Waals surface area contributed by atoms with E-state index in [2.05, 4.69) is 10.1 Å². The number of halogens is 2. The Bertz CT molecular complexity index is 945. The van der Waals surface area contributed by atoms with Crippen LogP contribution in [0.25, 0.3) is 11.4 Å². The molecule has 1 atom stereocenters. The fraction of sp³-hybridized carbons (Fsp3) is 0.211. The lowest BCUT2D eigenvalue weighted by Crippen LogP contribution is -2.31. The van der Waals surface area contributed by atoms with Crippen molar-refractivity contribution in [3.8, 4) is 11.4 Å².